The van der Waals surface area contributed by atoms with E-state index in [2.05, 4.69) is 26.8 Å². The first kappa shape index (κ1) is 15.6. The molecule has 0 aliphatic heterocycles. The van der Waals surface area contributed by atoms with Crippen LogP contribution in [0, 0.1) is 12.7 Å². The van der Waals surface area contributed by atoms with Gasteiger partial charge >= 0.3 is 0 Å². The van der Waals surface area contributed by atoms with Gasteiger partial charge in [0, 0.05) is 6.07 Å². The molecule has 0 spiro atoms. The molecule has 0 amide bonds. The van der Waals surface area contributed by atoms with E-state index >= 15 is 0 Å². The van der Waals surface area contributed by atoms with E-state index in [1.54, 1.807) is 0 Å². The van der Waals surface area contributed by atoms with Crippen LogP contribution in [0.4, 0.5) is 10.1 Å². The summed E-state index contributed by atoms with van der Waals surface area (Å²) >= 11 is 5.68. The minimum Gasteiger partial charge on any atom is -0.455 e. The molecule has 0 fully saturated rings. The minimum absolute atomic E-state index is 0.0142. The van der Waals surface area contributed by atoms with Crippen molar-refractivity contribution in [2.75, 3.05) is 5.73 Å². The Morgan fingerprint density at radius 1 is 1.10 bits per heavy atom. The van der Waals surface area contributed by atoms with Crippen LogP contribution in [-0.4, -0.2) is 0 Å². The highest BCUT2D eigenvalue weighted by molar-refractivity contribution is 6.31. The Bertz CT molecular complexity index is 677. The van der Waals surface area contributed by atoms with Crippen LogP contribution in [-0.2, 0) is 5.41 Å². The van der Waals surface area contributed by atoms with Gasteiger partial charge in [-0.2, -0.15) is 0 Å². The summed E-state index contributed by atoms with van der Waals surface area (Å²) in [7, 11) is 0. The van der Waals surface area contributed by atoms with Gasteiger partial charge in [0.1, 0.15) is 11.6 Å². The van der Waals surface area contributed by atoms with Gasteiger partial charge in [-0.05, 0) is 35.6 Å². The van der Waals surface area contributed by atoms with Crippen molar-refractivity contribution in [3.63, 3.8) is 0 Å². The van der Waals surface area contributed by atoms with Crippen molar-refractivity contribution in [2.24, 2.45) is 0 Å². The van der Waals surface area contributed by atoms with Gasteiger partial charge in [0.15, 0.2) is 5.75 Å². The lowest BCUT2D eigenvalue weighted by atomic mass is 9.86. The standard InChI is InChI=1S/C17H19ClFNO/c1-10-7-11(17(2,3)4)5-6-15(10)21-16-9-13(19)12(18)8-14(16)20/h5-9H,20H2,1-4H3. The van der Waals surface area contributed by atoms with Crippen LogP contribution in [0.5, 0.6) is 11.5 Å². The molecule has 0 aliphatic rings. The zero-order chi connectivity index (χ0) is 15.8. The third-order valence-corrected chi connectivity index (χ3v) is 3.60. The second-order valence-corrected chi connectivity index (χ2v) is 6.54. The number of aryl methyl sites for hydroxylation is 1. The number of halogens is 2. The van der Waals surface area contributed by atoms with Crippen LogP contribution < -0.4 is 10.5 Å². The fraction of sp³-hybridized carbons (Fsp3) is 0.294. The quantitative estimate of drug-likeness (QED) is 0.748. The fourth-order valence-electron chi connectivity index (χ4n) is 1.98. The number of benzene rings is 2. The Kier molecular flexibility index (Phi) is 4.15. The number of nitrogens with two attached hydrogens (primary N) is 1. The van der Waals surface area contributed by atoms with Gasteiger partial charge < -0.3 is 10.5 Å². The van der Waals surface area contributed by atoms with E-state index in [1.807, 2.05) is 19.1 Å². The monoisotopic (exact) mass is 307 g/mol. The number of ether oxygens (including phenoxy) is 1. The maximum Gasteiger partial charge on any atom is 0.153 e. The smallest absolute Gasteiger partial charge is 0.153 e. The van der Waals surface area contributed by atoms with Crippen molar-refractivity contribution in [1.82, 2.24) is 0 Å². The largest absolute Gasteiger partial charge is 0.455 e. The molecule has 0 saturated carbocycles. The Morgan fingerprint density at radius 2 is 1.76 bits per heavy atom. The van der Waals surface area contributed by atoms with Crippen molar-refractivity contribution in [2.45, 2.75) is 33.1 Å². The number of rotatable bonds is 2. The second-order valence-electron chi connectivity index (χ2n) is 6.14. The molecular weight excluding hydrogens is 289 g/mol. The minimum atomic E-state index is -0.551. The van der Waals surface area contributed by atoms with Gasteiger partial charge in [-0.3, -0.25) is 0 Å². The summed E-state index contributed by atoms with van der Waals surface area (Å²) in [6.07, 6.45) is 0. The van der Waals surface area contributed by atoms with Gasteiger partial charge in [0.05, 0.1) is 10.7 Å². The molecule has 2 rings (SSSR count). The Balaban J connectivity index is 2.35. The summed E-state index contributed by atoms with van der Waals surface area (Å²) in [4.78, 5) is 0. The first-order chi connectivity index (χ1) is 9.68. The number of hydrogen-bond acceptors (Lipinski definition) is 2. The van der Waals surface area contributed by atoms with Crippen LogP contribution in [0.25, 0.3) is 0 Å². The molecule has 0 aromatic heterocycles. The van der Waals surface area contributed by atoms with Gasteiger partial charge in [-0.25, -0.2) is 4.39 Å². The lowest BCUT2D eigenvalue weighted by Gasteiger charge is -2.20. The first-order valence-corrected chi connectivity index (χ1v) is 7.10. The number of nitrogen functional groups attached to an aromatic ring is 1. The molecule has 2 aromatic rings. The average molecular weight is 308 g/mol. The highest BCUT2D eigenvalue weighted by atomic mass is 35.5. The molecule has 2 aromatic carbocycles. The van der Waals surface area contributed by atoms with Crippen molar-refractivity contribution in [3.05, 3.63) is 52.3 Å². The number of hydrogen-bond donors (Lipinski definition) is 1. The lowest BCUT2D eigenvalue weighted by Crippen LogP contribution is -2.11. The summed E-state index contributed by atoms with van der Waals surface area (Å²) < 4.78 is 19.2. The SMILES string of the molecule is Cc1cc(C(C)(C)C)ccc1Oc1cc(F)c(Cl)cc1N. The maximum atomic E-state index is 13.5. The van der Waals surface area contributed by atoms with Crippen molar-refractivity contribution in [3.8, 4) is 11.5 Å². The molecule has 0 saturated heterocycles. The molecular formula is C17H19ClFNO. The highest BCUT2D eigenvalue weighted by Crippen LogP contribution is 2.34. The molecule has 0 aliphatic carbocycles. The molecule has 2 nitrogen and oxygen atoms in total. The topological polar surface area (TPSA) is 35.2 Å². The second kappa shape index (κ2) is 5.57. The predicted octanol–water partition coefficient (Wildman–Crippen LogP) is 5.46. The van der Waals surface area contributed by atoms with Crippen LogP contribution in [0.3, 0.4) is 0 Å². The zero-order valence-corrected chi connectivity index (χ0v) is 13.4. The van der Waals surface area contributed by atoms with E-state index in [-0.39, 0.29) is 16.2 Å². The molecule has 0 unspecified atom stereocenters. The predicted molar refractivity (Wildman–Crippen MR) is 85.8 cm³/mol. The third-order valence-electron chi connectivity index (χ3n) is 3.31. The molecule has 0 bridgehead atoms. The molecule has 21 heavy (non-hydrogen) atoms. The summed E-state index contributed by atoms with van der Waals surface area (Å²) in [5.41, 5.74) is 8.36. The zero-order valence-electron chi connectivity index (χ0n) is 12.6. The van der Waals surface area contributed by atoms with E-state index in [4.69, 9.17) is 22.1 Å². The van der Waals surface area contributed by atoms with E-state index in [0.29, 0.717) is 11.4 Å². The molecule has 0 heterocycles. The average Bonchev–Trinajstić information content (AvgIpc) is 2.36. The highest BCUT2D eigenvalue weighted by Gasteiger charge is 2.16. The van der Waals surface area contributed by atoms with E-state index < -0.39 is 5.82 Å². The third kappa shape index (κ3) is 3.48. The summed E-state index contributed by atoms with van der Waals surface area (Å²) in [6, 6.07) is 8.50. The fourth-order valence-corrected chi connectivity index (χ4v) is 2.15. The summed E-state index contributed by atoms with van der Waals surface area (Å²) in [6.45, 7) is 8.39. The van der Waals surface area contributed by atoms with Gasteiger partial charge in [-0.15, -0.1) is 0 Å². The molecule has 0 atom stereocenters. The van der Waals surface area contributed by atoms with Crippen LogP contribution in [0.2, 0.25) is 5.02 Å². The van der Waals surface area contributed by atoms with Gasteiger partial charge in [0.25, 0.3) is 0 Å². The van der Waals surface area contributed by atoms with Gasteiger partial charge in [-0.1, -0.05) is 44.5 Å². The molecule has 2 N–H and O–H groups in total. The van der Waals surface area contributed by atoms with Crippen molar-refractivity contribution < 1.29 is 9.13 Å². The number of anilines is 1. The normalized spacial score (nSPS) is 11.5. The maximum absolute atomic E-state index is 13.5. The Labute approximate surface area is 129 Å². The Morgan fingerprint density at radius 3 is 2.33 bits per heavy atom. The van der Waals surface area contributed by atoms with E-state index in [0.717, 1.165) is 5.56 Å². The van der Waals surface area contributed by atoms with Crippen LogP contribution in [0.1, 0.15) is 31.9 Å². The Hall–Kier alpha value is -1.74. The van der Waals surface area contributed by atoms with Gasteiger partial charge in [0.2, 0.25) is 0 Å². The lowest BCUT2D eigenvalue weighted by molar-refractivity contribution is 0.474. The first-order valence-electron chi connectivity index (χ1n) is 6.72. The van der Waals surface area contributed by atoms with Crippen molar-refractivity contribution in [1.29, 1.82) is 0 Å². The molecule has 4 heteroatoms. The summed E-state index contributed by atoms with van der Waals surface area (Å²) in [5.74, 6) is 0.366. The summed E-state index contributed by atoms with van der Waals surface area (Å²) in [5, 5.41) is -0.0142. The molecule has 112 valence electrons. The van der Waals surface area contributed by atoms with E-state index in [9.17, 15) is 4.39 Å². The van der Waals surface area contributed by atoms with Crippen molar-refractivity contribution >= 4 is 17.3 Å². The van der Waals surface area contributed by atoms with E-state index in [1.165, 1.54) is 17.7 Å². The van der Waals surface area contributed by atoms with Crippen LogP contribution >= 0.6 is 11.6 Å². The molecule has 0 radical (unpaired) electrons. The van der Waals surface area contributed by atoms with Crippen LogP contribution in [0.15, 0.2) is 30.3 Å².